The predicted molar refractivity (Wildman–Crippen MR) is 110 cm³/mol. The van der Waals surface area contributed by atoms with Crippen molar-refractivity contribution in [2.24, 2.45) is 0 Å². The summed E-state index contributed by atoms with van der Waals surface area (Å²) in [5.41, 5.74) is 2.40. The molecule has 2 N–H and O–H groups in total. The predicted octanol–water partition coefficient (Wildman–Crippen LogP) is 2.16. The molecule has 0 radical (unpaired) electrons. The standard InChI is InChI=1S/C22H34N4O/c1-17-3-2-13-26(17)21-10-14-25(16-21)20-6-4-18(5-7-20)15-22(27)24-19-8-11-23-12-9-19/h4-7,17,19,21,23H,2-3,8-16H2,1H3,(H,24,27). The van der Waals surface area contributed by atoms with Crippen LogP contribution >= 0.6 is 0 Å². The number of carbonyl (C=O) groups is 1. The lowest BCUT2D eigenvalue weighted by Crippen LogP contribution is -2.43. The summed E-state index contributed by atoms with van der Waals surface area (Å²) in [6.45, 7) is 7.94. The molecule has 5 nitrogen and oxygen atoms in total. The summed E-state index contributed by atoms with van der Waals surface area (Å²) in [5.74, 6) is 0.152. The van der Waals surface area contributed by atoms with Gasteiger partial charge in [0.1, 0.15) is 0 Å². The topological polar surface area (TPSA) is 47.6 Å². The number of carbonyl (C=O) groups excluding carboxylic acids is 1. The molecule has 3 saturated heterocycles. The maximum Gasteiger partial charge on any atom is 0.224 e. The molecule has 2 atom stereocenters. The molecule has 0 aliphatic carbocycles. The Kier molecular flexibility index (Phi) is 5.98. The fourth-order valence-corrected chi connectivity index (χ4v) is 5.00. The lowest BCUT2D eigenvalue weighted by Gasteiger charge is -2.28. The molecule has 5 heteroatoms. The minimum absolute atomic E-state index is 0.152. The van der Waals surface area contributed by atoms with Crippen LogP contribution in [0.25, 0.3) is 0 Å². The Morgan fingerprint density at radius 3 is 2.59 bits per heavy atom. The van der Waals surface area contributed by atoms with Crippen LogP contribution < -0.4 is 15.5 Å². The molecule has 1 aromatic rings. The Balaban J connectivity index is 1.28. The molecule has 1 amide bonds. The second kappa shape index (κ2) is 8.61. The first-order valence-corrected chi connectivity index (χ1v) is 10.8. The summed E-state index contributed by atoms with van der Waals surface area (Å²) in [7, 11) is 0. The molecule has 0 aromatic heterocycles. The molecule has 3 heterocycles. The van der Waals surface area contributed by atoms with Gasteiger partial charge in [-0.05, 0) is 76.4 Å². The van der Waals surface area contributed by atoms with Crippen molar-refractivity contribution in [3.8, 4) is 0 Å². The molecule has 3 fully saturated rings. The monoisotopic (exact) mass is 370 g/mol. The first kappa shape index (κ1) is 18.8. The molecular formula is C22H34N4O. The maximum absolute atomic E-state index is 12.3. The minimum Gasteiger partial charge on any atom is -0.370 e. The highest BCUT2D eigenvalue weighted by molar-refractivity contribution is 5.79. The third-order valence-corrected chi connectivity index (χ3v) is 6.61. The van der Waals surface area contributed by atoms with Crippen LogP contribution in [0, 0.1) is 0 Å². The second-order valence-electron chi connectivity index (χ2n) is 8.55. The summed E-state index contributed by atoms with van der Waals surface area (Å²) in [5, 5.41) is 6.52. The van der Waals surface area contributed by atoms with Crippen molar-refractivity contribution in [1.82, 2.24) is 15.5 Å². The van der Waals surface area contributed by atoms with E-state index in [1.54, 1.807) is 0 Å². The van der Waals surface area contributed by atoms with Crippen molar-refractivity contribution in [3.63, 3.8) is 0 Å². The van der Waals surface area contributed by atoms with Gasteiger partial charge in [-0.15, -0.1) is 0 Å². The fourth-order valence-electron chi connectivity index (χ4n) is 5.00. The molecule has 0 spiro atoms. The van der Waals surface area contributed by atoms with E-state index in [1.165, 1.54) is 31.5 Å². The van der Waals surface area contributed by atoms with Crippen LogP contribution in [0.4, 0.5) is 5.69 Å². The number of rotatable bonds is 5. The zero-order valence-corrected chi connectivity index (χ0v) is 16.6. The van der Waals surface area contributed by atoms with Gasteiger partial charge >= 0.3 is 0 Å². The Bertz CT molecular complexity index is 626. The van der Waals surface area contributed by atoms with Gasteiger partial charge in [-0.1, -0.05) is 12.1 Å². The highest BCUT2D eigenvalue weighted by atomic mass is 16.1. The molecular weight excluding hydrogens is 336 g/mol. The van der Waals surface area contributed by atoms with E-state index in [4.69, 9.17) is 0 Å². The number of nitrogens with one attached hydrogen (secondary N) is 2. The lowest BCUT2D eigenvalue weighted by atomic mass is 10.1. The van der Waals surface area contributed by atoms with E-state index in [0.29, 0.717) is 18.5 Å². The molecule has 3 aliphatic rings. The highest BCUT2D eigenvalue weighted by Gasteiger charge is 2.32. The summed E-state index contributed by atoms with van der Waals surface area (Å²) in [6, 6.07) is 10.4. The number of hydrogen-bond donors (Lipinski definition) is 2. The third kappa shape index (κ3) is 4.64. The molecule has 2 unspecified atom stereocenters. The summed E-state index contributed by atoms with van der Waals surface area (Å²) >= 11 is 0. The van der Waals surface area contributed by atoms with Crippen molar-refractivity contribution < 1.29 is 4.79 Å². The van der Waals surface area contributed by atoms with Crippen LogP contribution in [0.2, 0.25) is 0 Å². The summed E-state index contributed by atoms with van der Waals surface area (Å²) in [6.07, 6.45) is 6.53. The van der Waals surface area contributed by atoms with E-state index in [1.807, 2.05) is 0 Å². The van der Waals surface area contributed by atoms with E-state index in [-0.39, 0.29) is 5.91 Å². The zero-order valence-electron chi connectivity index (χ0n) is 16.6. The quantitative estimate of drug-likeness (QED) is 0.834. The van der Waals surface area contributed by atoms with Crippen LogP contribution in [-0.4, -0.2) is 61.7 Å². The van der Waals surface area contributed by atoms with E-state index in [9.17, 15) is 4.79 Å². The Labute approximate surface area is 163 Å². The molecule has 3 aliphatic heterocycles. The van der Waals surface area contributed by atoms with Crippen molar-refractivity contribution in [2.45, 2.75) is 63.6 Å². The van der Waals surface area contributed by atoms with Gasteiger partial charge < -0.3 is 15.5 Å². The largest absolute Gasteiger partial charge is 0.370 e. The van der Waals surface area contributed by atoms with Gasteiger partial charge in [0, 0.05) is 36.9 Å². The number of benzene rings is 1. The van der Waals surface area contributed by atoms with Crippen molar-refractivity contribution in [2.75, 3.05) is 37.6 Å². The smallest absolute Gasteiger partial charge is 0.224 e. The fraction of sp³-hybridized carbons (Fsp3) is 0.682. The van der Waals surface area contributed by atoms with Crippen LogP contribution in [0.1, 0.15) is 44.6 Å². The summed E-state index contributed by atoms with van der Waals surface area (Å²) in [4.78, 5) is 17.5. The van der Waals surface area contributed by atoms with Crippen molar-refractivity contribution in [1.29, 1.82) is 0 Å². The van der Waals surface area contributed by atoms with Gasteiger partial charge in [0.05, 0.1) is 6.42 Å². The van der Waals surface area contributed by atoms with Crippen LogP contribution in [0.15, 0.2) is 24.3 Å². The van der Waals surface area contributed by atoms with Gasteiger partial charge in [0.2, 0.25) is 5.91 Å². The van der Waals surface area contributed by atoms with Gasteiger partial charge in [-0.3, -0.25) is 9.69 Å². The lowest BCUT2D eigenvalue weighted by molar-refractivity contribution is -0.121. The van der Waals surface area contributed by atoms with Gasteiger partial charge in [-0.2, -0.15) is 0 Å². The van der Waals surface area contributed by atoms with Crippen molar-refractivity contribution >= 4 is 11.6 Å². The SMILES string of the molecule is CC1CCCN1C1CCN(c2ccc(CC(=O)NC3CCNCC3)cc2)C1. The van der Waals surface area contributed by atoms with Crippen LogP contribution in [0.5, 0.6) is 0 Å². The number of piperidine rings is 1. The van der Waals surface area contributed by atoms with Crippen molar-refractivity contribution in [3.05, 3.63) is 29.8 Å². The summed E-state index contributed by atoms with van der Waals surface area (Å²) < 4.78 is 0. The number of amides is 1. The van der Waals surface area contributed by atoms with Crippen LogP contribution in [-0.2, 0) is 11.2 Å². The first-order chi connectivity index (χ1) is 13.2. The average Bonchev–Trinajstić information content (AvgIpc) is 3.32. The molecule has 0 bridgehead atoms. The molecule has 1 aromatic carbocycles. The van der Waals surface area contributed by atoms with Gasteiger partial charge in [-0.25, -0.2) is 0 Å². The van der Waals surface area contributed by atoms with Gasteiger partial charge in [0.15, 0.2) is 0 Å². The molecule has 0 saturated carbocycles. The van der Waals surface area contributed by atoms with Gasteiger partial charge in [0.25, 0.3) is 0 Å². The maximum atomic E-state index is 12.3. The molecule has 148 valence electrons. The number of anilines is 1. The third-order valence-electron chi connectivity index (χ3n) is 6.61. The molecule has 27 heavy (non-hydrogen) atoms. The van der Waals surface area contributed by atoms with E-state index in [0.717, 1.165) is 50.6 Å². The average molecular weight is 371 g/mol. The van der Waals surface area contributed by atoms with E-state index < -0.39 is 0 Å². The van der Waals surface area contributed by atoms with E-state index in [2.05, 4.69) is 51.6 Å². The Morgan fingerprint density at radius 2 is 1.89 bits per heavy atom. The second-order valence-corrected chi connectivity index (χ2v) is 8.55. The highest BCUT2D eigenvalue weighted by Crippen LogP contribution is 2.28. The van der Waals surface area contributed by atoms with E-state index >= 15 is 0 Å². The zero-order chi connectivity index (χ0) is 18.6. The first-order valence-electron chi connectivity index (χ1n) is 10.8. The Hall–Kier alpha value is -1.59. The number of likely N-dealkylation sites (tertiary alicyclic amines) is 1. The molecule has 4 rings (SSSR count). The van der Waals surface area contributed by atoms with Crippen LogP contribution in [0.3, 0.4) is 0 Å². The normalized spacial score (nSPS) is 27.2. The Morgan fingerprint density at radius 1 is 1.11 bits per heavy atom. The minimum atomic E-state index is 0.152. The number of nitrogens with zero attached hydrogens (tertiary/aromatic N) is 2. The number of hydrogen-bond acceptors (Lipinski definition) is 4.